The highest BCUT2D eigenvalue weighted by molar-refractivity contribution is 9.10. The van der Waals surface area contributed by atoms with E-state index in [1.165, 1.54) is 0 Å². The average Bonchev–Trinajstić information content (AvgIpc) is 2.32. The topological polar surface area (TPSA) is 29.1 Å². The molecular weight excluding hydrogens is 302 g/mol. The van der Waals surface area contributed by atoms with E-state index < -0.39 is 0 Å². The molecule has 0 radical (unpaired) electrons. The van der Waals surface area contributed by atoms with Gasteiger partial charge in [0.05, 0.1) is 5.92 Å². The van der Waals surface area contributed by atoms with Crippen LogP contribution in [-0.2, 0) is 4.79 Å². The lowest BCUT2D eigenvalue weighted by atomic mass is 9.94. The van der Waals surface area contributed by atoms with Crippen molar-refractivity contribution in [2.75, 3.05) is 6.54 Å². The SMILES string of the molecule is CC.CC(=O)C(CNC(C)(C)C)c1ccc(Br)cc1. The lowest BCUT2D eigenvalue weighted by Gasteiger charge is -2.24. The number of rotatable bonds is 4. The number of hydrogen-bond acceptors (Lipinski definition) is 2. The van der Waals surface area contributed by atoms with Crippen LogP contribution in [0.2, 0.25) is 0 Å². The third-order valence-corrected chi connectivity index (χ3v) is 3.13. The number of benzene rings is 1. The summed E-state index contributed by atoms with van der Waals surface area (Å²) in [7, 11) is 0. The first kappa shape index (κ1) is 18.3. The van der Waals surface area contributed by atoms with Gasteiger partial charge in [0.25, 0.3) is 0 Å². The van der Waals surface area contributed by atoms with Crippen LogP contribution < -0.4 is 5.32 Å². The molecule has 2 nitrogen and oxygen atoms in total. The van der Waals surface area contributed by atoms with Crippen molar-refractivity contribution in [3.8, 4) is 0 Å². The molecule has 1 rings (SSSR count). The van der Waals surface area contributed by atoms with E-state index in [-0.39, 0.29) is 17.2 Å². The summed E-state index contributed by atoms with van der Waals surface area (Å²) in [6.45, 7) is 12.6. The van der Waals surface area contributed by atoms with Gasteiger partial charge in [-0.25, -0.2) is 0 Å². The van der Waals surface area contributed by atoms with E-state index in [0.717, 1.165) is 10.0 Å². The lowest BCUT2D eigenvalue weighted by Crippen LogP contribution is -2.39. The summed E-state index contributed by atoms with van der Waals surface area (Å²) in [5.74, 6) is 0.131. The smallest absolute Gasteiger partial charge is 0.138 e. The molecule has 108 valence electrons. The van der Waals surface area contributed by atoms with Crippen molar-refractivity contribution < 1.29 is 4.79 Å². The first-order chi connectivity index (χ1) is 8.79. The summed E-state index contributed by atoms with van der Waals surface area (Å²) in [5.41, 5.74) is 1.10. The van der Waals surface area contributed by atoms with Crippen molar-refractivity contribution in [3.05, 3.63) is 34.3 Å². The highest BCUT2D eigenvalue weighted by Crippen LogP contribution is 2.20. The van der Waals surface area contributed by atoms with E-state index in [4.69, 9.17) is 0 Å². The molecule has 1 unspecified atom stereocenters. The molecule has 0 aliphatic rings. The van der Waals surface area contributed by atoms with Gasteiger partial charge in [-0.3, -0.25) is 4.79 Å². The van der Waals surface area contributed by atoms with E-state index in [1.54, 1.807) is 6.92 Å². The van der Waals surface area contributed by atoms with Crippen molar-refractivity contribution >= 4 is 21.7 Å². The summed E-state index contributed by atoms with van der Waals surface area (Å²) in [6, 6.07) is 7.95. The standard InChI is InChI=1S/C14H20BrNO.C2H6/c1-10(17)13(9-16-14(2,3)4)11-5-7-12(15)8-6-11;1-2/h5-8,13,16H,9H2,1-4H3;1-2H3. The summed E-state index contributed by atoms with van der Waals surface area (Å²) < 4.78 is 1.03. The molecule has 0 aromatic heterocycles. The van der Waals surface area contributed by atoms with Crippen molar-refractivity contribution in [2.24, 2.45) is 0 Å². The molecule has 0 bridgehead atoms. The van der Waals surface area contributed by atoms with Crippen LogP contribution in [0.25, 0.3) is 0 Å². The van der Waals surface area contributed by atoms with Gasteiger partial charge in [-0.1, -0.05) is 41.9 Å². The Morgan fingerprint density at radius 3 is 2.05 bits per heavy atom. The molecule has 1 atom stereocenters. The minimum absolute atomic E-state index is 0.0308. The molecule has 3 heteroatoms. The maximum atomic E-state index is 11.7. The Bertz CT molecular complexity index is 379. The van der Waals surface area contributed by atoms with Crippen molar-refractivity contribution in [3.63, 3.8) is 0 Å². The van der Waals surface area contributed by atoms with Crippen LogP contribution in [0.3, 0.4) is 0 Å². The summed E-state index contributed by atoms with van der Waals surface area (Å²) in [6.07, 6.45) is 0. The normalized spacial score (nSPS) is 12.4. The van der Waals surface area contributed by atoms with Crippen LogP contribution in [-0.4, -0.2) is 17.9 Å². The fraction of sp³-hybridized carbons (Fsp3) is 0.562. The van der Waals surface area contributed by atoms with E-state index in [0.29, 0.717) is 6.54 Å². The van der Waals surface area contributed by atoms with Crippen LogP contribution in [0.1, 0.15) is 53.0 Å². The minimum Gasteiger partial charge on any atom is -0.311 e. The van der Waals surface area contributed by atoms with Crippen molar-refractivity contribution in [1.29, 1.82) is 0 Å². The first-order valence-electron chi connectivity index (χ1n) is 6.80. The molecule has 0 amide bonds. The molecular formula is C16H26BrNO. The summed E-state index contributed by atoms with van der Waals surface area (Å²) in [4.78, 5) is 11.7. The first-order valence-corrected chi connectivity index (χ1v) is 7.60. The van der Waals surface area contributed by atoms with Crippen molar-refractivity contribution in [1.82, 2.24) is 5.32 Å². The van der Waals surface area contributed by atoms with Crippen LogP contribution >= 0.6 is 15.9 Å². The van der Waals surface area contributed by atoms with Gasteiger partial charge in [0.15, 0.2) is 0 Å². The quantitative estimate of drug-likeness (QED) is 0.879. The third-order valence-electron chi connectivity index (χ3n) is 2.60. The van der Waals surface area contributed by atoms with Crippen LogP contribution in [0.5, 0.6) is 0 Å². The molecule has 0 aliphatic heterocycles. The number of Topliss-reactive ketones (excluding diaryl/α,β-unsaturated/α-hetero) is 1. The summed E-state index contributed by atoms with van der Waals surface area (Å²) in [5, 5.41) is 3.38. The van der Waals surface area contributed by atoms with Gasteiger partial charge in [-0.15, -0.1) is 0 Å². The number of ketones is 1. The molecule has 1 aromatic carbocycles. The number of hydrogen-bond donors (Lipinski definition) is 1. The third kappa shape index (κ3) is 7.48. The second-order valence-electron chi connectivity index (χ2n) is 5.35. The zero-order valence-corrected chi connectivity index (χ0v) is 14.5. The molecule has 1 N–H and O–H groups in total. The Balaban J connectivity index is 0.00000154. The molecule has 0 spiro atoms. The number of carbonyl (C=O) groups excluding carboxylic acids is 1. The molecule has 19 heavy (non-hydrogen) atoms. The maximum absolute atomic E-state index is 11.7. The molecule has 0 aliphatic carbocycles. The maximum Gasteiger partial charge on any atom is 0.138 e. The zero-order valence-electron chi connectivity index (χ0n) is 12.9. The van der Waals surface area contributed by atoms with E-state index in [1.807, 2.05) is 38.1 Å². The largest absolute Gasteiger partial charge is 0.311 e. The van der Waals surface area contributed by atoms with E-state index in [9.17, 15) is 4.79 Å². The number of nitrogens with one attached hydrogen (secondary N) is 1. The van der Waals surface area contributed by atoms with Crippen LogP contribution in [0, 0.1) is 0 Å². The van der Waals surface area contributed by atoms with Gasteiger partial charge in [0, 0.05) is 16.6 Å². The second-order valence-corrected chi connectivity index (χ2v) is 6.26. The van der Waals surface area contributed by atoms with E-state index in [2.05, 4.69) is 42.0 Å². The minimum atomic E-state index is -0.0673. The molecule has 0 fully saturated rings. The van der Waals surface area contributed by atoms with Gasteiger partial charge in [-0.05, 0) is 45.4 Å². The number of carbonyl (C=O) groups is 1. The predicted molar refractivity (Wildman–Crippen MR) is 86.7 cm³/mol. The van der Waals surface area contributed by atoms with Gasteiger partial charge in [0.1, 0.15) is 5.78 Å². The fourth-order valence-electron chi connectivity index (χ4n) is 1.60. The Morgan fingerprint density at radius 2 is 1.68 bits per heavy atom. The summed E-state index contributed by atoms with van der Waals surface area (Å²) >= 11 is 3.40. The molecule has 0 saturated heterocycles. The Labute approximate surface area is 126 Å². The van der Waals surface area contributed by atoms with Crippen LogP contribution in [0.15, 0.2) is 28.7 Å². The fourth-order valence-corrected chi connectivity index (χ4v) is 1.86. The highest BCUT2D eigenvalue weighted by Gasteiger charge is 2.19. The average molecular weight is 328 g/mol. The van der Waals surface area contributed by atoms with Gasteiger partial charge < -0.3 is 5.32 Å². The molecule has 0 saturated carbocycles. The Kier molecular flexibility index (Phi) is 8.19. The molecule has 0 heterocycles. The molecule has 1 aromatic rings. The Morgan fingerprint density at radius 1 is 1.21 bits per heavy atom. The zero-order chi connectivity index (χ0) is 15.1. The second kappa shape index (κ2) is 8.49. The Hall–Kier alpha value is -0.670. The van der Waals surface area contributed by atoms with Crippen molar-refractivity contribution in [2.45, 2.75) is 53.0 Å². The van der Waals surface area contributed by atoms with Gasteiger partial charge >= 0.3 is 0 Å². The van der Waals surface area contributed by atoms with E-state index >= 15 is 0 Å². The highest BCUT2D eigenvalue weighted by atomic mass is 79.9. The monoisotopic (exact) mass is 327 g/mol. The van der Waals surface area contributed by atoms with Gasteiger partial charge in [0.2, 0.25) is 0 Å². The lowest BCUT2D eigenvalue weighted by molar-refractivity contribution is -0.118. The van der Waals surface area contributed by atoms with Crippen LogP contribution in [0.4, 0.5) is 0 Å². The predicted octanol–water partition coefficient (Wildman–Crippen LogP) is 4.54. The van der Waals surface area contributed by atoms with Gasteiger partial charge in [-0.2, -0.15) is 0 Å². The number of halogens is 1.